The number of pyridine rings is 1. The predicted octanol–water partition coefficient (Wildman–Crippen LogP) is 3.99. The Kier molecular flexibility index (Phi) is 6.46. The van der Waals surface area contributed by atoms with Crippen LogP contribution in [0.15, 0.2) is 21.2 Å². The van der Waals surface area contributed by atoms with Gasteiger partial charge in [-0.1, -0.05) is 6.92 Å². The molecule has 5 heteroatoms. The Morgan fingerprint density at radius 1 is 1.45 bits per heavy atom. The third-order valence-corrected chi connectivity index (χ3v) is 5.02. The molecular formula is C15H23Br2N3. The molecule has 0 saturated carbocycles. The zero-order valence-electron chi connectivity index (χ0n) is 12.2. The minimum atomic E-state index is 0.415. The first-order valence-corrected chi connectivity index (χ1v) is 8.95. The minimum absolute atomic E-state index is 0.415. The largest absolute Gasteiger partial charge is 0.319 e. The van der Waals surface area contributed by atoms with Gasteiger partial charge in [0.15, 0.2) is 0 Å². The van der Waals surface area contributed by atoms with Crippen molar-refractivity contribution in [2.24, 2.45) is 5.92 Å². The molecule has 3 nitrogen and oxygen atoms in total. The fourth-order valence-corrected chi connectivity index (χ4v) is 4.43. The lowest BCUT2D eigenvalue weighted by atomic mass is 9.86. The Morgan fingerprint density at radius 3 is 2.90 bits per heavy atom. The van der Waals surface area contributed by atoms with Crippen molar-refractivity contribution in [3.8, 4) is 0 Å². The van der Waals surface area contributed by atoms with E-state index < -0.39 is 0 Å². The van der Waals surface area contributed by atoms with Gasteiger partial charge in [0.25, 0.3) is 0 Å². The molecule has 0 amide bonds. The molecule has 1 aromatic heterocycles. The third-order valence-electron chi connectivity index (χ3n) is 3.95. The molecule has 112 valence electrons. The lowest BCUT2D eigenvalue weighted by Gasteiger charge is -2.41. The van der Waals surface area contributed by atoms with Crippen molar-refractivity contribution in [2.45, 2.75) is 32.2 Å². The number of hydrogen-bond donors (Lipinski definition) is 1. The third kappa shape index (κ3) is 3.81. The van der Waals surface area contributed by atoms with E-state index in [1.165, 1.54) is 31.5 Å². The topological polar surface area (TPSA) is 28.2 Å². The zero-order valence-corrected chi connectivity index (χ0v) is 15.4. The Labute approximate surface area is 138 Å². The van der Waals surface area contributed by atoms with Crippen molar-refractivity contribution < 1.29 is 0 Å². The van der Waals surface area contributed by atoms with Gasteiger partial charge in [-0.15, -0.1) is 0 Å². The molecule has 1 aliphatic rings. The number of piperidine rings is 1. The molecule has 0 radical (unpaired) electrons. The Hall–Kier alpha value is 0.0300. The second kappa shape index (κ2) is 7.87. The Bertz CT molecular complexity index is 421. The number of rotatable bonds is 5. The van der Waals surface area contributed by atoms with Crippen LogP contribution in [0.1, 0.15) is 37.9 Å². The first-order valence-electron chi connectivity index (χ1n) is 7.37. The standard InChI is InChI=1S/C15H23Br2N3/c1-3-6-20-7-4-5-11(9-18-2)15(20)14-13(17)8-12(16)10-19-14/h8,10-11,15,18H,3-7,9H2,1-2H3. The minimum Gasteiger partial charge on any atom is -0.319 e. The van der Waals surface area contributed by atoms with E-state index >= 15 is 0 Å². The summed E-state index contributed by atoms with van der Waals surface area (Å²) in [5.74, 6) is 0.630. The van der Waals surface area contributed by atoms with Crippen LogP contribution in [-0.2, 0) is 0 Å². The SMILES string of the molecule is CCCN1CCCC(CNC)C1c1ncc(Br)cc1Br. The number of aromatic nitrogens is 1. The van der Waals surface area contributed by atoms with Crippen molar-refractivity contribution in [2.75, 3.05) is 26.7 Å². The smallest absolute Gasteiger partial charge is 0.0721 e. The maximum atomic E-state index is 4.70. The van der Waals surface area contributed by atoms with Gasteiger partial charge in [-0.25, -0.2) is 0 Å². The van der Waals surface area contributed by atoms with Gasteiger partial charge < -0.3 is 5.32 Å². The lowest BCUT2D eigenvalue weighted by molar-refractivity contribution is 0.0889. The molecule has 20 heavy (non-hydrogen) atoms. The van der Waals surface area contributed by atoms with E-state index in [1.54, 1.807) is 0 Å². The fraction of sp³-hybridized carbons (Fsp3) is 0.667. The average Bonchev–Trinajstić information content (AvgIpc) is 2.41. The maximum absolute atomic E-state index is 4.70. The van der Waals surface area contributed by atoms with Crippen LogP contribution >= 0.6 is 31.9 Å². The van der Waals surface area contributed by atoms with Crippen LogP contribution in [0.25, 0.3) is 0 Å². The van der Waals surface area contributed by atoms with Crippen LogP contribution in [0, 0.1) is 5.92 Å². The van der Waals surface area contributed by atoms with Gasteiger partial charge in [0, 0.05) is 15.1 Å². The lowest BCUT2D eigenvalue weighted by Crippen LogP contribution is -2.43. The second-order valence-electron chi connectivity index (χ2n) is 5.46. The highest BCUT2D eigenvalue weighted by Crippen LogP contribution is 2.38. The summed E-state index contributed by atoms with van der Waals surface area (Å²) in [4.78, 5) is 7.31. The number of likely N-dealkylation sites (tertiary alicyclic amines) is 1. The Morgan fingerprint density at radius 2 is 2.25 bits per heavy atom. The molecule has 1 aromatic rings. The summed E-state index contributed by atoms with van der Waals surface area (Å²) in [6, 6.07) is 2.52. The summed E-state index contributed by atoms with van der Waals surface area (Å²) in [7, 11) is 2.04. The highest BCUT2D eigenvalue weighted by molar-refractivity contribution is 9.11. The van der Waals surface area contributed by atoms with Crippen LogP contribution in [0.4, 0.5) is 0 Å². The second-order valence-corrected chi connectivity index (χ2v) is 7.23. The van der Waals surface area contributed by atoms with Gasteiger partial charge in [0.1, 0.15) is 0 Å². The summed E-state index contributed by atoms with van der Waals surface area (Å²) in [5.41, 5.74) is 1.18. The molecule has 2 unspecified atom stereocenters. The first-order chi connectivity index (χ1) is 9.67. The molecular weight excluding hydrogens is 382 g/mol. The van der Waals surface area contributed by atoms with Crippen LogP contribution in [0.5, 0.6) is 0 Å². The van der Waals surface area contributed by atoms with E-state index in [9.17, 15) is 0 Å². The molecule has 2 rings (SSSR count). The van der Waals surface area contributed by atoms with Gasteiger partial charge in [-0.3, -0.25) is 9.88 Å². The molecule has 1 saturated heterocycles. The van der Waals surface area contributed by atoms with E-state index in [4.69, 9.17) is 4.98 Å². The molecule has 0 aromatic carbocycles. The van der Waals surface area contributed by atoms with Crippen LogP contribution in [0.2, 0.25) is 0 Å². The van der Waals surface area contributed by atoms with Crippen molar-refractivity contribution in [1.29, 1.82) is 0 Å². The van der Waals surface area contributed by atoms with Crippen molar-refractivity contribution in [3.05, 3.63) is 26.9 Å². The van der Waals surface area contributed by atoms with Crippen LogP contribution in [0.3, 0.4) is 0 Å². The fourth-order valence-electron chi connectivity index (χ4n) is 3.20. The van der Waals surface area contributed by atoms with Gasteiger partial charge in [0.2, 0.25) is 0 Å². The summed E-state index contributed by atoms with van der Waals surface area (Å²) in [6.07, 6.45) is 5.67. The van der Waals surface area contributed by atoms with E-state index in [0.29, 0.717) is 12.0 Å². The number of nitrogens with zero attached hydrogens (tertiary/aromatic N) is 2. The average molecular weight is 405 g/mol. The molecule has 2 heterocycles. The van der Waals surface area contributed by atoms with Gasteiger partial charge in [0.05, 0.1) is 11.7 Å². The van der Waals surface area contributed by atoms with Gasteiger partial charge >= 0.3 is 0 Å². The highest BCUT2D eigenvalue weighted by atomic mass is 79.9. The molecule has 0 bridgehead atoms. The maximum Gasteiger partial charge on any atom is 0.0721 e. The number of halogens is 2. The number of nitrogens with one attached hydrogen (secondary N) is 1. The Balaban J connectivity index is 2.32. The monoisotopic (exact) mass is 403 g/mol. The van der Waals surface area contributed by atoms with E-state index in [-0.39, 0.29) is 0 Å². The highest BCUT2D eigenvalue weighted by Gasteiger charge is 2.33. The first kappa shape index (κ1) is 16.4. The van der Waals surface area contributed by atoms with E-state index in [0.717, 1.165) is 22.0 Å². The van der Waals surface area contributed by atoms with Crippen LogP contribution < -0.4 is 5.32 Å². The van der Waals surface area contributed by atoms with Gasteiger partial charge in [-0.2, -0.15) is 0 Å². The molecule has 0 spiro atoms. The molecule has 1 aliphatic heterocycles. The van der Waals surface area contributed by atoms with Crippen LogP contribution in [-0.4, -0.2) is 36.6 Å². The van der Waals surface area contributed by atoms with E-state index in [1.807, 2.05) is 13.2 Å². The quantitative estimate of drug-likeness (QED) is 0.803. The van der Waals surface area contributed by atoms with Crippen molar-refractivity contribution >= 4 is 31.9 Å². The summed E-state index contributed by atoms with van der Waals surface area (Å²) in [5, 5.41) is 3.35. The predicted molar refractivity (Wildman–Crippen MR) is 90.9 cm³/mol. The molecule has 0 aliphatic carbocycles. The summed E-state index contributed by atoms with van der Waals surface area (Å²) in [6.45, 7) is 5.63. The number of hydrogen-bond acceptors (Lipinski definition) is 3. The van der Waals surface area contributed by atoms with Crippen molar-refractivity contribution in [1.82, 2.24) is 15.2 Å². The normalized spacial score (nSPS) is 24.0. The van der Waals surface area contributed by atoms with Gasteiger partial charge in [-0.05, 0) is 89.8 Å². The molecule has 2 atom stereocenters. The summed E-state index contributed by atoms with van der Waals surface area (Å²) >= 11 is 7.19. The summed E-state index contributed by atoms with van der Waals surface area (Å²) < 4.78 is 2.14. The molecule has 1 fully saturated rings. The molecule has 1 N–H and O–H groups in total. The van der Waals surface area contributed by atoms with E-state index in [2.05, 4.69) is 55.1 Å². The van der Waals surface area contributed by atoms with Crippen molar-refractivity contribution in [3.63, 3.8) is 0 Å². The zero-order chi connectivity index (χ0) is 14.5.